The molecule has 0 N–H and O–H groups in total. The van der Waals surface area contributed by atoms with Gasteiger partial charge in [-0.1, -0.05) is 81.1 Å². The Balaban J connectivity index is 4.96. The Kier molecular flexibility index (Phi) is 15.3. The molecule has 2 heteroatoms. The molecular weight excluding hydrogens is 350 g/mol. The van der Waals surface area contributed by atoms with E-state index in [-0.39, 0.29) is 15.8 Å². The maximum Gasteiger partial charge on any atom is -0.0260 e. The predicted octanol–water partition coefficient (Wildman–Crippen LogP) is 9.20. The van der Waals surface area contributed by atoms with Gasteiger partial charge in [0.05, 0.1) is 0 Å². The van der Waals surface area contributed by atoms with E-state index in [1.54, 1.807) is 0 Å². The first-order chi connectivity index (χ1) is 12.2. The molecule has 26 heavy (non-hydrogen) atoms. The van der Waals surface area contributed by atoms with Gasteiger partial charge < -0.3 is 0 Å². The smallest absolute Gasteiger partial charge is 0.0260 e. The molecule has 0 saturated heterocycles. The van der Waals surface area contributed by atoms with Gasteiger partial charge in [-0.05, 0) is 73.5 Å². The van der Waals surface area contributed by atoms with Gasteiger partial charge in [0.1, 0.15) is 0 Å². The fraction of sp³-hybridized carbons (Fsp3) is 1.00. The first-order valence-corrected chi connectivity index (χ1v) is 15.5. The molecule has 0 fully saturated rings. The Hall–Kier alpha value is 0.860. The fourth-order valence-electron chi connectivity index (χ4n) is 3.61. The zero-order chi connectivity index (χ0) is 20.1. The summed E-state index contributed by atoms with van der Waals surface area (Å²) in [5, 5.41) is 0. The van der Waals surface area contributed by atoms with Gasteiger partial charge in [-0.3, -0.25) is 0 Å². The van der Waals surface area contributed by atoms with Crippen LogP contribution in [-0.2, 0) is 0 Å². The van der Waals surface area contributed by atoms with Crippen molar-refractivity contribution in [3.63, 3.8) is 0 Å². The molecule has 0 saturated carbocycles. The summed E-state index contributed by atoms with van der Waals surface area (Å²) < 4.78 is 0. The molecule has 0 amide bonds. The molecule has 0 rings (SSSR count). The summed E-state index contributed by atoms with van der Waals surface area (Å²) in [5.41, 5.74) is 0.971. The van der Waals surface area contributed by atoms with Crippen LogP contribution in [0.25, 0.3) is 0 Å². The average Bonchev–Trinajstić information content (AvgIpc) is 2.59. The van der Waals surface area contributed by atoms with Crippen LogP contribution in [0.2, 0.25) is 0 Å². The zero-order valence-electron chi connectivity index (χ0n) is 19.8. The SMILES string of the molecule is CCCCP(CCCC)CC(C)(C)C(C)(C)CP(CCCC)CCCC. The number of hydrogen-bond acceptors (Lipinski definition) is 0. The molecular formula is C24H52P2. The van der Waals surface area contributed by atoms with E-state index >= 15 is 0 Å². The van der Waals surface area contributed by atoms with Crippen LogP contribution in [-0.4, -0.2) is 37.0 Å². The highest BCUT2D eigenvalue weighted by atomic mass is 31.1. The van der Waals surface area contributed by atoms with Gasteiger partial charge in [0.15, 0.2) is 0 Å². The summed E-state index contributed by atoms with van der Waals surface area (Å²) in [5.74, 6) is 0. The second-order valence-electron chi connectivity index (χ2n) is 9.73. The molecule has 0 unspecified atom stereocenters. The van der Waals surface area contributed by atoms with Crippen LogP contribution in [0.15, 0.2) is 0 Å². The van der Waals surface area contributed by atoms with Gasteiger partial charge in [0.25, 0.3) is 0 Å². The average molecular weight is 403 g/mol. The molecule has 0 radical (unpaired) electrons. The van der Waals surface area contributed by atoms with E-state index in [0.29, 0.717) is 10.8 Å². The van der Waals surface area contributed by atoms with E-state index < -0.39 is 0 Å². The van der Waals surface area contributed by atoms with Gasteiger partial charge in [-0.15, -0.1) is 15.8 Å². The summed E-state index contributed by atoms with van der Waals surface area (Å²) in [6.45, 7) is 19.9. The molecule has 0 heterocycles. The fourth-order valence-corrected chi connectivity index (χ4v) is 10.8. The largest absolute Gasteiger partial charge is 0.106 e. The van der Waals surface area contributed by atoms with Crippen molar-refractivity contribution >= 4 is 15.8 Å². The summed E-state index contributed by atoms with van der Waals surface area (Å²) in [4.78, 5) is 0. The van der Waals surface area contributed by atoms with Gasteiger partial charge in [-0.2, -0.15) is 0 Å². The standard InChI is InChI=1S/C24H52P2/c1-9-13-17-25(18-14-10-2)21-23(5,6)24(7,8)22-26(19-15-11-3)20-16-12-4/h9-22H2,1-8H3. The van der Waals surface area contributed by atoms with Crippen molar-refractivity contribution in [2.24, 2.45) is 10.8 Å². The van der Waals surface area contributed by atoms with Crippen LogP contribution in [0.1, 0.15) is 107 Å². The Bertz CT molecular complexity index is 274. The minimum atomic E-state index is 0.236. The third-order valence-electron chi connectivity index (χ3n) is 6.38. The van der Waals surface area contributed by atoms with Crippen molar-refractivity contribution in [2.75, 3.05) is 37.0 Å². The van der Waals surface area contributed by atoms with Gasteiger partial charge in [-0.25, -0.2) is 0 Å². The lowest BCUT2D eigenvalue weighted by atomic mass is 9.70. The lowest BCUT2D eigenvalue weighted by molar-refractivity contribution is 0.165. The number of rotatable bonds is 17. The molecule has 0 aliphatic carbocycles. The zero-order valence-corrected chi connectivity index (χ0v) is 21.6. The van der Waals surface area contributed by atoms with Crippen LogP contribution >= 0.6 is 15.8 Å². The molecule has 0 aliphatic heterocycles. The molecule has 0 aromatic heterocycles. The van der Waals surface area contributed by atoms with Crippen molar-refractivity contribution in [3.8, 4) is 0 Å². The topological polar surface area (TPSA) is 0 Å². The third kappa shape index (κ3) is 11.0. The maximum absolute atomic E-state index is 2.60. The minimum Gasteiger partial charge on any atom is -0.106 e. The normalized spacial score (nSPS) is 13.2. The number of unbranched alkanes of at least 4 members (excludes halogenated alkanes) is 4. The molecule has 0 nitrogen and oxygen atoms in total. The summed E-state index contributed by atoms with van der Waals surface area (Å²) >= 11 is 0. The highest BCUT2D eigenvalue weighted by molar-refractivity contribution is 7.58. The molecule has 0 bridgehead atoms. The van der Waals surface area contributed by atoms with Crippen LogP contribution in [0.4, 0.5) is 0 Å². The molecule has 158 valence electrons. The first kappa shape index (κ1) is 26.9. The number of hydrogen-bond donors (Lipinski definition) is 0. The summed E-state index contributed by atoms with van der Waals surface area (Å²) in [6.07, 6.45) is 20.4. The molecule has 0 atom stereocenters. The van der Waals surface area contributed by atoms with Crippen molar-refractivity contribution in [1.82, 2.24) is 0 Å². The van der Waals surface area contributed by atoms with E-state index in [4.69, 9.17) is 0 Å². The quantitative estimate of drug-likeness (QED) is 0.213. The summed E-state index contributed by atoms with van der Waals surface area (Å²) in [7, 11) is 0.471. The first-order valence-electron chi connectivity index (χ1n) is 11.7. The highest BCUT2D eigenvalue weighted by Gasteiger charge is 2.39. The van der Waals surface area contributed by atoms with Crippen molar-refractivity contribution in [2.45, 2.75) is 107 Å². The molecule has 0 aromatic carbocycles. The maximum atomic E-state index is 2.60. The van der Waals surface area contributed by atoms with Crippen LogP contribution in [0, 0.1) is 10.8 Å². The Morgan fingerprint density at radius 2 is 0.692 bits per heavy atom. The van der Waals surface area contributed by atoms with Gasteiger partial charge in [0, 0.05) is 0 Å². The summed E-state index contributed by atoms with van der Waals surface area (Å²) in [6, 6.07) is 0. The van der Waals surface area contributed by atoms with E-state index in [1.165, 1.54) is 88.3 Å². The Labute approximate surface area is 170 Å². The second-order valence-corrected chi connectivity index (χ2v) is 14.8. The predicted molar refractivity (Wildman–Crippen MR) is 130 cm³/mol. The Morgan fingerprint density at radius 1 is 0.462 bits per heavy atom. The van der Waals surface area contributed by atoms with Crippen LogP contribution in [0.5, 0.6) is 0 Å². The highest BCUT2D eigenvalue weighted by Crippen LogP contribution is 2.55. The molecule has 0 aliphatic rings. The van der Waals surface area contributed by atoms with Crippen molar-refractivity contribution < 1.29 is 0 Å². The minimum absolute atomic E-state index is 0.236. The molecule has 0 spiro atoms. The Morgan fingerprint density at radius 3 is 0.885 bits per heavy atom. The van der Waals surface area contributed by atoms with Crippen LogP contribution < -0.4 is 0 Å². The van der Waals surface area contributed by atoms with Gasteiger partial charge in [0.2, 0.25) is 0 Å². The van der Waals surface area contributed by atoms with Crippen molar-refractivity contribution in [3.05, 3.63) is 0 Å². The van der Waals surface area contributed by atoms with E-state index in [0.717, 1.165) is 0 Å². The van der Waals surface area contributed by atoms with Crippen LogP contribution in [0.3, 0.4) is 0 Å². The second kappa shape index (κ2) is 14.8. The van der Waals surface area contributed by atoms with Gasteiger partial charge >= 0.3 is 0 Å². The lowest BCUT2D eigenvalue weighted by Crippen LogP contribution is -2.38. The lowest BCUT2D eigenvalue weighted by Gasteiger charge is -2.46. The van der Waals surface area contributed by atoms with E-state index in [2.05, 4.69) is 55.4 Å². The van der Waals surface area contributed by atoms with E-state index in [9.17, 15) is 0 Å². The third-order valence-corrected chi connectivity index (χ3v) is 12.7. The molecule has 0 aromatic rings. The van der Waals surface area contributed by atoms with E-state index in [1.807, 2.05) is 0 Å². The van der Waals surface area contributed by atoms with Crippen molar-refractivity contribution in [1.29, 1.82) is 0 Å². The monoisotopic (exact) mass is 402 g/mol.